The number of nitrogens with one attached hydrogen (secondary N) is 1. The lowest BCUT2D eigenvalue weighted by Gasteiger charge is -2.28. The van der Waals surface area contributed by atoms with Gasteiger partial charge in [0.1, 0.15) is 0 Å². The van der Waals surface area contributed by atoms with E-state index in [2.05, 4.69) is 137 Å². The van der Waals surface area contributed by atoms with Crippen molar-refractivity contribution in [2.75, 3.05) is 0 Å². The van der Waals surface area contributed by atoms with Gasteiger partial charge in [-0.15, -0.1) is 11.3 Å². The summed E-state index contributed by atoms with van der Waals surface area (Å²) in [6, 6.07) is 31.5. The number of nitrogens with zero attached hydrogens (tertiary/aromatic N) is 1. The highest BCUT2D eigenvalue weighted by molar-refractivity contribution is 7.25. The van der Waals surface area contributed by atoms with Crippen LogP contribution >= 0.6 is 11.3 Å². The van der Waals surface area contributed by atoms with Crippen LogP contribution in [-0.4, -0.2) is 10.6 Å². The highest BCUT2D eigenvalue weighted by Gasteiger charge is 2.21. The monoisotopic (exact) mass is 506 g/mol. The normalized spacial score (nSPS) is 19.0. The predicted octanol–water partition coefficient (Wildman–Crippen LogP) is 9.15. The van der Waals surface area contributed by atoms with E-state index in [1.54, 1.807) is 0 Å². The van der Waals surface area contributed by atoms with Crippen molar-refractivity contribution < 1.29 is 0 Å². The molecule has 2 aliphatic rings. The number of para-hydroxylation sites is 1. The van der Waals surface area contributed by atoms with E-state index in [4.69, 9.17) is 0 Å². The van der Waals surface area contributed by atoms with Gasteiger partial charge in [-0.1, -0.05) is 91.1 Å². The summed E-state index contributed by atoms with van der Waals surface area (Å²) < 4.78 is 5.13. The van der Waals surface area contributed by atoms with E-state index in [0.29, 0.717) is 12.0 Å². The first-order valence-electron chi connectivity index (χ1n) is 13.3. The van der Waals surface area contributed by atoms with Crippen LogP contribution in [0.2, 0.25) is 0 Å². The Morgan fingerprint density at radius 2 is 1.55 bits per heavy atom. The molecule has 0 amide bonds. The zero-order chi connectivity index (χ0) is 25.1. The summed E-state index contributed by atoms with van der Waals surface area (Å²) in [6.07, 6.45) is 16.7. The average Bonchev–Trinajstić information content (AvgIpc) is 3.53. The standard InChI is InChI=1S/C35H26N2S/c1-2-10-23(11-3-1)28-14-8-15-29(36-28)24-20-21-26-25-12-4-6-16-30(25)37(32(26)22-24)31-17-9-19-34-35(31)27-13-5-7-18-33(27)38-34/h1-10,12-23,28,36H,11H2. The lowest BCUT2D eigenvalue weighted by Crippen LogP contribution is -2.34. The van der Waals surface area contributed by atoms with Gasteiger partial charge in [0.2, 0.25) is 0 Å². The largest absolute Gasteiger partial charge is 0.378 e. The molecule has 0 spiro atoms. The lowest BCUT2D eigenvalue weighted by molar-refractivity contribution is 0.528. The number of dihydropyridines is 1. The molecule has 3 heteroatoms. The van der Waals surface area contributed by atoms with Crippen LogP contribution in [0.1, 0.15) is 12.0 Å². The minimum absolute atomic E-state index is 0.295. The molecule has 182 valence electrons. The third-order valence-corrected chi connectivity index (χ3v) is 9.12. The first-order chi connectivity index (χ1) is 18.8. The van der Waals surface area contributed by atoms with Gasteiger partial charge in [0.15, 0.2) is 0 Å². The Kier molecular flexibility index (Phi) is 4.92. The fourth-order valence-corrected chi connectivity index (χ4v) is 7.31. The number of rotatable bonds is 3. The zero-order valence-electron chi connectivity index (χ0n) is 20.8. The maximum atomic E-state index is 3.83. The third-order valence-electron chi connectivity index (χ3n) is 7.98. The molecule has 4 aromatic carbocycles. The molecule has 0 saturated heterocycles. The molecule has 38 heavy (non-hydrogen) atoms. The first kappa shape index (κ1) is 21.7. The number of aromatic nitrogens is 1. The Morgan fingerprint density at radius 3 is 2.47 bits per heavy atom. The second-order valence-electron chi connectivity index (χ2n) is 10.2. The van der Waals surface area contributed by atoms with Crippen molar-refractivity contribution in [3.63, 3.8) is 0 Å². The highest BCUT2D eigenvalue weighted by atomic mass is 32.1. The van der Waals surface area contributed by atoms with Crippen molar-refractivity contribution in [1.82, 2.24) is 9.88 Å². The third kappa shape index (κ3) is 3.32. The van der Waals surface area contributed by atoms with Gasteiger partial charge < -0.3 is 9.88 Å². The summed E-state index contributed by atoms with van der Waals surface area (Å²) in [5, 5.41) is 9.05. The van der Waals surface area contributed by atoms with Gasteiger partial charge in [-0.05, 0) is 48.4 Å². The minimum atomic E-state index is 0.295. The molecule has 2 nitrogen and oxygen atoms in total. The topological polar surface area (TPSA) is 17.0 Å². The van der Waals surface area contributed by atoms with Crippen LogP contribution in [0, 0.1) is 5.92 Å². The molecule has 0 fully saturated rings. The Bertz CT molecular complexity index is 2000. The van der Waals surface area contributed by atoms with Crippen LogP contribution < -0.4 is 5.32 Å². The van der Waals surface area contributed by atoms with Crippen molar-refractivity contribution >= 4 is 59.0 Å². The highest BCUT2D eigenvalue weighted by Crippen LogP contribution is 2.41. The Labute approximate surface area is 225 Å². The summed E-state index contributed by atoms with van der Waals surface area (Å²) in [6.45, 7) is 0. The molecule has 0 bridgehead atoms. The van der Waals surface area contributed by atoms with Gasteiger partial charge in [-0.25, -0.2) is 0 Å². The van der Waals surface area contributed by atoms with Crippen LogP contribution in [0.25, 0.3) is 53.4 Å². The first-order valence-corrected chi connectivity index (χ1v) is 14.1. The smallest absolute Gasteiger partial charge is 0.0555 e. The van der Waals surface area contributed by atoms with E-state index >= 15 is 0 Å². The van der Waals surface area contributed by atoms with Crippen LogP contribution in [0.5, 0.6) is 0 Å². The summed E-state index contributed by atoms with van der Waals surface area (Å²) in [4.78, 5) is 0. The van der Waals surface area contributed by atoms with Gasteiger partial charge in [0.05, 0.1) is 22.8 Å². The Balaban J connectivity index is 1.34. The second kappa shape index (κ2) is 8.61. The SMILES string of the molecule is C1=CCC(C2C=CC=C(c3ccc4c5ccccc5n(-c5cccc6sc7ccccc7c56)c4c3)N2)C=C1. The van der Waals surface area contributed by atoms with Gasteiger partial charge in [-0.2, -0.15) is 0 Å². The molecule has 1 aliphatic carbocycles. The number of allylic oxidation sites excluding steroid dienone is 5. The summed E-state index contributed by atoms with van der Waals surface area (Å²) in [5.41, 5.74) is 6.11. The zero-order valence-corrected chi connectivity index (χ0v) is 21.7. The summed E-state index contributed by atoms with van der Waals surface area (Å²) in [5.74, 6) is 0.472. The van der Waals surface area contributed by atoms with Gasteiger partial charge in [-0.3, -0.25) is 0 Å². The van der Waals surface area contributed by atoms with Gasteiger partial charge >= 0.3 is 0 Å². The molecule has 6 aromatic rings. The maximum Gasteiger partial charge on any atom is 0.0555 e. The van der Waals surface area contributed by atoms with E-state index in [-0.39, 0.29) is 0 Å². The lowest BCUT2D eigenvalue weighted by atomic mass is 9.90. The molecule has 2 unspecified atom stereocenters. The van der Waals surface area contributed by atoms with E-state index < -0.39 is 0 Å². The van der Waals surface area contributed by atoms with Crippen LogP contribution in [0.4, 0.5) is 0 Å². The molecular weight excluding hydrogens is 480 g/mol. The van der Waals surface area contributed by atoms with E-state index in [0.717, 1.165) is 6.42 Å². The fourth-order valence-electron chi connectivity index (χ4n) is 6.18. The maximum absolute atomic E-state index is 3.83. The molecule has 3 heterocycles. The Hall–Kier alpha value is -4.34. The van der Waals surface area contributed by atoms with Crippen molar-refractivity contribution in [2.45, 2.75) is 12.5 Å². The number of hydrogen-bond donors (Lipinski definition) is 1. The van der Waals surface area contributed by atoms with Crippen LogP contribution in [0.3, 0.4) is 0 Å². The summed E-state index contributed by atoms with van der Waals surface area (Å²) in [7, 11) is 0. The molecule has 2 aromatic heterocycles. The molecule has 2 atom stereocenters. The van der Waals surface area contributed by atoms with Crippen molar-refractivity contribution in [3.8, 4) is 5.69 Å². The quantitative estimate of drug-likeness (QED) is 0.253. The second-order valence-corrected chi connectivity index (χ2v) is 11.3. The van der Waals surface area contributed by atoms with E-state index in [9.17, 15) is 0 Å². The molecule has 0 saturated carbocycles. The summed E-state index contributed by atoms with van der Waals surface area (Å²) >= 11 is 1.87. The average molecular weight is 507 g/mol. The van der Waals surface area contributed by atoms with E-state index in [1.807, 2.05) is 11.3 Å². The number of hydrogen-bond acceptors (Lipinski definition) is 2. The molecule has 1 aliphatic heterocycles. The number of benzene rings is 4. The van der Waals surface area contributed by atoms with Gasteiger partial charge in [0.25, 0.3) is 0 Å². The van der Waals surface area contributed by atoms with Crippen molar-refractivity contribution in [3.05, 3.63) is 133 Å². The number of fused-ring (bicyclic) bond motifs is 6. The van der Waals surface area contributed by atoms with Gasteiger partial charge in [0, 0.05) is 42.6 Å². The fraction of sp³-hybridized carbons (Fsp3) is 0.0857. The minimum Gasteiger partial charge on any atom is -0.378 e. The molecule has 8 rings (SSSR count). The van der Waals surface area contributed by atoms with E-state index in [1.165, 1.54) is 58.9 Å². The molecule has 0 radical (unpaired) electrons. The Morgan fingerprint density at radius 1 is 0.711 bits per heavy atom. The predicted molar refractivity (Wildman–Crippen MR) is 164 cm³/mol. The molecular formula is C35H26N2S. The van der Waals surface area contributed by atoms with Crippen LogP contribution in [0.15, 0.2) is 127 Å². The van der Waals surface area contributed by atoms with Crippen LogP contribution in [-0.2, 0) is 0 Å². The number of thiophene rings is 1. The van der Waals surface area contributed by atoms with Crippen molar-refractivity contribution in [1.29, 1.82) is 0 Å². The van der Waals surface area contributed by atoms with Crippen molar-refractivity contribution in [2.24, 2.45) is 5.92 Å². The molecule has 1 N–H and O–H groups in total.